The summed E-state index contributed by atoms with van der Waals surface area (Å²) in [6.07, 6.45) is -0.524. The lowest BCUT2D eigenvalue weighted by molar-refractivity contribution is -0.408. The van der Waals surface area contributed by atoms with Gasteiger partial charge < -0.3 is 30.9 Å². The summed E-state index contributed by atoms with van der Waals surface area (Å²) in [6, 6.07) is 6.33. The number of quaternary nitrogens is 1. The summed E-state index contributed by atoms with van der Waals surface area (Å²) >= 11 is 0. The molecule has 1 aromatic rings. The smallest absolute Gasteiger partial charge is 0.279 e. The van der Waals surface area contributed by atoms with E-state index in [1.807, 2.05) is 0 Å². The standard InChI is InChI=1S/C13H16N2O5/c14-9(7-11(16)17)12(18)15-10(13(19)20)6-8-4-2-1-3-5-8/h1-5,9-10H,6-7,14H2,(H,15,18)(H,16,17)(H,19,20)/p-1/t9-,10-/m0/s1. The lowest BCUT2D eigenvalue weighted by atomic mass is 10.1. The largest absolute Gasteiger partial charge is 0.550 e. The molecule has 108 valence electrons. The lowest BCUT2D eigenvalue weighted by Crippen LogP contribution is -2.70. The van der Waals surface area contributed by atoms with Gasteiger partial charge in [0.25, 0.3) is 5.91 Å². The molecular formula is C13H15N2O5-. The van der Waals surface area contributed by atoms with E-state index in [9.17, 15) is 24.6 Å². The maximum Gasteiger partial charge on any atom is 0.279 e. The molecule has 0 saturated heterocycles. The summed E-state index contributed by atoms with van der Waals surface area (Å²) in [7, 11) is 0. The van der Waals surface area contributed by atoms with Crippen molar-refractivity contribution < 1.29 is 30.3 Å². The molecule has 7 nitrogen and oxygen atoms in total. The second kappa shape index (κ2) is 7.25. The molecule has 7 heteroatoms. The molecule has 0 saturated carbocycles. The van der Waals surface area contributed by atoms with Gasteiger partial charge in [-0.2, -0.15) is 0 Å². The first-order valence-corrected chi connectivity index (χ1v) is 5.98. The molecule has 0 fully saturated rings. The van der Waals surface area contributed by atoms with Gasteiger partial charge in [0.05, 0.1) is 12.0 Å². The molecule has 1 rings (SSSR count). The summed E-state index contributed by atoms with van der Waals surface area (Å²) < 4.78 is 0. The van der Waals surface area contributed by atoms with E-state index in [1.165, 1.54) is 0 Å². The summed E-state index contributed by atoms with van der Waals surface area (Å²) in [4.78, 5) is 33.0. The zero-order valence-electron chi connectivity index (χ0n) is 10.7. The molecule has 20 heavy (non-hydrogen) atoms. The molecule has 0 aliphatic heterocycles. The predicted octanol–water partition coefficient (Wildman–Crippen LogP) is -3.79. The number of carbonyl (C=O) groups excluding carboxylic acids is 3. The third kappa shape index (κ3) is 5.07. The molecule has 1 aromatic carbocycles. The maximum absolute atomic E-state index is 11.6. The predicted molar refractivity (Wildman–Crippen MR) is 63.4 cm³/mol. The average Bonchev–Trinajstić information content (AvgIpc) is 2.38. The minimum absolute atomic E-state index is 0.0486. The van der Waals surface area contributed by atoms with Crippen LogP contribution in [0.4, 0.5) is 0 Å². The Kier molecular flexibility index (Phi) is 5.67. The number of rotatable bonds is 7. The van der Waals surface area contributed by atoms with Gasteiger partial charge in [-0.25, -0.2) is 0 Å². The van der Waals surface area contributed by atoms with Crippen LogP contribution in [0.2, 0.25) is 0 Å². The Morgan fingerprint density at radius 3 is 2.25 bits per heavy atom. The molecule has 4 N–H and O–H groups in total. The van der Waals surface area contributed by atoms with Crippen LogP contribution < -0.4 is 21.3 Å². The fourth-order valence-corrected chi connectivity index (χ4v) is 1.63. The first kappa shape index (κ1) is 15.6. The van der Waals surface area contributed by atoms with Gasteiger partial charge in [-0.05, 0) is 12.0 Å². The molecule has 0 unspecified atom stereocenters. The zero-order valence-corrected chi connectivity index (χ0v) is 10.7. The molecule has 1 amide bonds. The van der Waals surface area contributed by atoms with Crippen LogP contribution >= 0.6 is 0 Å². The van der Waals surface area contributed by atoms with Crippen LogP contribution in [0.3, 0.4) is 0 Å². The van der Waals surface area contributed by atoms with Crippen molar-refractivity contribution in [3.63, 3.8) is 0 Å². The highest BCUT2D eigenvalue weighted by Gasteiger charge is 2.21. The Balaban J connectivity index is 2.66. The van der Waals surface area contributed by atoms with E-state index in [2.05, 4.69) is 11.1 Å². The van der Waals surface area contributed by atoms with Crippen molar-refractivity contribution in [2.24, 2.45) is 0 Å². The second-order valence-electron chi connectivity index (χ2n) is 4.34. The van der Waals surface area contributed by atoms with E-state index in [0.717, 1.165) is 0 Å². The highest BCUT2D eigenvalue weighted by Crippen LogP contribution is 2.03. The van der Waals surface area contributed by atoms with E-state index in [0.29, 0.717) is 5.56 Å². The van der Waals surface area contributed by atoms with Crippen molar-refractivity contribution >= 4 is 17.8 Å². The van der Waals surface area contributed by atoms with Crippen molar-refractivity contribution in [2.75, 3.05) is 0 Å². The van der Waals surface area contributed by atoms with Gasteiger partial charge in [0, 0.05) is 12.4 Å². The molecule has 0 heterocycles. The Morgan fingerprint density at radius 2 is 1.75 bits per heavy atom. The fourth-order valence-electron chi connectivity index (χ4n) is 1.63. The number of benzene rings is 1. The van der Waals surface area contributed by atoms with Crippen LogP contribution in [0, 0.1) is 0 Å². The van der Waals surface area contributed by atoms with Crippen molar-refractivity contribution in [2.45, 2.75) is 24.9 Å². The minimum atomic E-state index is -1.44. The zero-order chi connectivity index (χ0) is 15.1. The summed E-state index contributed by atoms with van der Waals surface area (Å²) in [5.41, 5.74) is 4.06. The van der Waals surface area contributed by atoms with Crippen LogP contribution in [0.1, 0.15) is 12.0 Å². The van der Waals surface area contributed by atoms with Crippen LogP contribution in [-0.2, 0) is 20.8 Å². The third-order valence-corrected chi connectivity index (χ3v) is 2.67. The fraction of sp³-hybridized carbons (Fsp3) is 0.308. The van der Waals surface area contributed by atoms with Gasteiger partial charge in [0.1, 0.15) is 0 Å². The maximum atomic E-state index is 11.6. The number of hydrogen-bond acceptors (Lipinski definition) is 5. The lowest BCUT2D eigenvalue weighted by Gasteiger charge is -2.21. The number of nitrogens with one attached hydrogen (secondary N) is 1. The normalized spacial score (nSPS) is 13.2. The Bertz CT molecular complexity index is 489. The van der Waals surface area contributed by atoms with E-state index in [1.54, 1.807) is 30.3 Å². The van der Waals surface area contributed by atoms with E-state index in [-0.39, 0.29) is 6.42 Å². The number of carboxylic acids is 2. The van der Waals surface area contributed by atoms with Crippen LogP contribution in [0.25, 0.3) is 0 Å². The van der Waals surface area contributed by atoms with Gasteiger partial charge in [0.15, 0.2) is 6.04 Å². The molecule has 0 bridgehead atoms. The quantitative estimate of drug-likeness (QED) is 0.527. The van der Waals surface area contributed by atoms with Crippen molar-refractivity contribution in [1.29, 1.82) is 0 Å². The molecule has 0 spiro atoms. The number of amides is 1. The first-order valence-electron chi connectivity index (χ1n) is 5.98. The number of carboxylic acid groups (broad SMARTS) is 2. The van der Waals surface area contributed by atoms with Gasteiger partial charge in [-0.3, -0.25) is 4.79 Å². The Morgan fingerprint density at radius 1 is 1.15 bits per heavy atom. The minimum Gasteiger partial charge on any atom is -0.550 e. The Labute approximate surface area is 115 Å². The summed E-state index contributed by atoms with van der Waals surface area (Å²) in [6.45, 7) is 0. The van der Waals surface area contributed by atoms with E-state index in [4.69, 9.17) is 0 Å². The second-order valence-corrected chi connectivity index (χ2v) is 4.34. The van der Waals surface area contributed by atoms with Gasteiger partial charge in [0.2, 0.25) is 0 Å². The molecule has 0 aliphatic carbocycles. The molecule has 0 radical (unpaired) electrons. The molecule has 2 atom stereocenters. The SMILES string of the molecule is [NH3+][C@@H](CC(=O)[O-])C(=O)N[C@@H](Cc1ccccc1)C(=O)[O-]. The van der Waals surface area contributed by atoms with Crippen LogP contribution in [-0.4, -0.2) is 29.9 Å². The first-order chi connectivity index (χ1) is 9.40. The van der Waals surface area contributed by atoms with Crippen LogP contribution in [0.15, 0.2) is 30.3 Å². The number of hydrogen-bond donors (Lipinski definition) is 2. The number of carbonyl (C=O) groups is 3. The Hall–Kier alpha value is -2.41. The van der Waals surface area contributed by atoms with Gasteiger partial charge in [-0.15, -0.1) is 0 Å². The van der Waals surface area contributed by atoms with Crippen molar-refractivity contribution in [1.82, 2.24) is 5.32 Å². The molecule has 0 aromatic heterocycles. The monoisotopic (exact) mass is 279 g/mol. The molecule has 0 aliphatic rings. The molecular weight excluding hydrogens is 264 g/mol. The van der Waals surface area contributed by atoms with Crippen molar-refractivity contribution in [3.05, 3.63) is 35.9 Å². The van der Waals surface area contributed by atoms with E-state index < -0.39 is 36.4 Å². The van der Waals surface area contributed by atoms with Gasteiger partial charge >= 0.3 is 0 Å². The van der Waals surface area contributed by atoms with Crippen LogP contribution in [0.5, 0.6) is 0 Å². The summed E-state index contributed by atoms with van der Waals surface area (Å²) in [5.74, 6) is -3.63. The average molecular weight is 279 g/mol. The third-order valence-electron chi connectivity index (χ3n) is 2.67. The van der Waals surface area contributed by atoms with Crippen molar-refractivity contribution in [3.8, 4) is 0 Å². The van der Waals surface area contributed by atoms with Gasteiger partial charge in [-0.1, -0.05) is 30.3 Å². The summed E-state index contributed by atoms with van der Waals surface area (Å²) in [5, 5.41) is 23.6. The topological polar surface area (TPSA) is 137 Å². The van der Waals surface area contributed by atoms with E-state index >= 15 is 0 Å². The highest BCUT2D eigenvalue weighted by atomic mass is 16.4. The highest BCUT2D eigenvalue weighted by molar-refractivity contribution is 5.87. The number of aliphatic carboxylic acids is 2.